The van der Waals surface area contributed by atoms with Gasteiger partial charge in [0.05, 0.1) is 0 Å². The lowest BCUT2D eigenvalue weighted by Gasteiger charge is -2.10. The van der Waals surface area contributed by atoms with Crippen LogP contribution in [0.3, 0.4) is 0 Å². The molecule has 114 valence electrons. The highest BCUT2D eigenvalue weighted by molar-refractivity contribution is 5.67. The summed E-state index contributed by atoms with van der Waals surface area (Å²) >= 11 is 0. The molecule has 21 heavy (non-hydrogen) atoms. The van der Waals surface area contributed by atoms with Crippen molar-refractivity contribution in [1.82, 2.24) is 20.2 Å². The zero-order chi connectivity index (χ0) is 15.2. The van der Waals surface area contributed by atoms with E-state index in [1.54, 1.807) is 7.11 Å². The fraction of sp³-hybridized carbons (Fsp3) is 0.533. The number of tetrazole rings is 1. The highest BCUT2D eigenvalue weighted by atomic mass is 16.5. The molecule has 0 bridgehead atoms. The molecule has 0 fully saturated rings. The van der Waals surface area contributed by atoms with E-state index >= 15 is 0 Å². The summed E-state index contributed by atoms with van der Waals surface area (Å²) in [6.45, 7) is 5.67. The number of nitrogen functional groups attached to an aromatic ring is 1. The van der Waals surface area contributed by atoms with Gasteiger partial charge in [-0.1, -0.05) is 6.07 Å². The van der Waals surface area contributed by atoms with E-state index < -0.39 is 0 Å². The number of nitrogens with zero attached hydrogens (tertiary/aromatic N) is 4. The molecule has 0 amide bonds. The summed E-state index contributed by atoms with van der Waals surface area (Å²) in [6, 6.07) is 4.03. The van der Waals surface area contributed by atoms with Gasteiger partial charge in [-0.2, -0.15) is 0 Å². The van der Waals surface area contributed by atoms with Crippen LogP contribution in [0.1, 0.15) is 30.4 Å². The van der Waals surface area contributed by atoms with E-state index in [0.717, 1.165) is 60.6 Å². The van der Waals surface area contributed by atoms with Gasteiger partial charge in [0.15, 0.2) is 5.82 Å². The Morgan fingerprint density at radius 3 is 2.71 bits per heavy atom. The molecule has 6 heteroatoms. The van der Waals surface area contributed by atoms with Gasteiger partial charge in [0.1, 0.15) is 0 Å². The van der Waals surface area contributed by atoms with E-state index in [1.807, 2.05) is 17.7 Å². The van der Waals surface area contributed by atoms with Crippen LogP contribution >= 0.6 is 0 Å². The molecule has 2 N–H and O–H groups in total. The predicted octanol–water partition coefficient (Wildman–Crippen LogP) is 2.36. The SMILES string of the molecule is COCCCCCn1nnnc1-c1cc(N)c(C)cc1C. The van der Waals surface area contributed by atoms with Crippen LogP contribution in [0.15, 0.2) is 12.1 Å². The molecule has 0 aliphatic heterocycles. The van der Waals surface area contributed by atoms with Crippen LogP contribution in [-0.2, 0) is 11.3 Å². The average Bonchev–Trinajstić information content (AvgIpc) is 2.91. The van der Waals surface area contributed by atoms with E-state index in [2.05, 4.69) is 28.5 Å². The smallest absolute Gasteiger partial charge is 0.182 e. The molecule has 0 aliphatic carbocycles. The number of rotatable bonds is 7. The van der Waals surface area contributed by atoms with Gasteiger partial charge in [-0.05, 0) is 60.7 Å². The van der Waals surface area contributed by atoms with Crippen molar-refractivity contribution in [2.45, 2.75) is 39.7 Å². The molecule has 0 atom stereocenters. The minimum absolute atomic E-state index is 0.769. The van der Waals surface area contributed by atoms with E-state index in [-0.39, 0.29) is 0 Å². The number of anilines is 1. The lowest BCUT2D eigenvalue weighted by atomic mass is 10.0. The van der Waals surface area contributed by atoms with Crippen LogP contribution in [0.4, 0.5) is 5.69 Å². The Kier molecular flexibility index (Phi) is 5.27. The molecular formula is C15H23N5O. The standard InChI is InChI=1S/C15H23N5O/c1-11-9-12(2)14(16)10-13(11)15-17-18-19-20(15)7-5-4-6-8-21-3/h9-10H,4-8,16H2,1-3H3. The Balaban J connectivity index is 2.11. The monoisotopic (exact) mass is 289 g/mol. The first-order valence-electron chi connectivity index (χ1n) is 7.25. The van der Waals surface area contributed by atoms with Gasteiger partial charge >= 0.3 is 0 Å². The second kappa shape index (κ2) is 7.17. The first kappa shape index (κ1) is 15.4. The highest BCUT2D eigenvalue weighted by Crippen LogP contribution is 2.26. The van der Waals surface area contributed by atoms with Gasteiger partial charge in [0, 0.05) is 31.5 Å². The Morgan fingerprint density at radius 2 is 1.95 bits per heavy atom. The molecule has 1 heterocycles. The third-order valence-corrected chi connectivity index (χ3v) is 3.60. The molecule has 2 aromatic rings. The number of methoxy groups -OCH3 is 1. The summed E-state index contributed by atoms with van der Waals surface area (Å²) in [5, 5.41) is 12.0. The van der Waals surface area contributed by atoms with Crippen molar-refractivity contribution in [1.29, 1.82) is 0 Å². The zero-order valence-corrected chi connectivity index (χ0v) is 13.0. The molecule has 6 nitrogen and oxygen atoms in total. The summed E-state index contributed by atoms with van der Waals surface area (Å²) in [7, 11) is 1.73. The normalized spacial score (nSPS) is 11.0. The molecule has 0 saturated carbocycles. The molecule has 2 rings (SSSR count). The first-order valence-corrected chi connectivity index (χ1v) is 7.25. The predicted molar refractivity (Wildman–Crippen MR) is 82.9 cm³/mol. The maximum Gasteiger partial charge on any atom is 0.182 e. The number of nitrogens with two attached hydrogens (primary N) is 1. The van der Waals surface area contributed by atoms with Crippen molar-refractivity contribution >= 4 is 5.69 Å². The Labute approximate surface area is 125 Å². The second-order valence-electron chi connectivity index (χ2n) is 5.30. The fourth-order valence-electron chi connectivity index (χ4n) is 2.34. The maximum atomic E-state index is 6.01. The molecule has 1 aromatic carbocycles. The zero-order valence-electron chi connectivity index (χ0n) is 13.0. The van der Waals surface area contributed by atoms with Gasteiger partial charge in [0.25, 0.3) is 0 Å². The fourth-order valence-corrected chi connectivity index (χ4v) is 2.34. The summed E-state index contributed by atoms with van der Waals surface area (Å²) in [5.74, 6) is 0.783. The Morgan fingerprint density at radius 1 is 1.14 bits per heavy atom. The number of hydrogen-bond acceptors (Lipinski definition) is 5. The van der Waals surface area contributed by atoms with Gasteiger partial charge in [-0.3, -0.25) is 0 Å². The largest absolute Gasteiger partial charge is 0.398 e. The van der Waals surface area contributed by atoms with Crippen molar-refractivity contribution in [3.05, 3.63) is 23.3 Å². The van der Waals surface area contributed by atoms with E-state index in [4.69, 9.17) is 10.5 Å². The average molecular weight is 289 g/mol. The third kappa shape index (κ3) is 3.78. The number of hydrogen-bond donors (Lipinski definition) is 1. The summed E-state index contributed by atoms with van der Waals surface area (Å²) < 4.78 is 6.90. The molecule has 0 radical (unpaired) electrons. The number of ether oxygens (including phenoxy) is 1. The topological polar surface area (TPSA) is 78.8 Å². The van der Waals surface area contributed by atoms with Crippen LogP contribution in [0.5, 0.6) is 0 Å². The van der Waals surface area contributed by atoms with Crippen molar-refractivity contribution in [3.63, 3.8) is 0 Å². The summed E-state index contributed by atoms with van der Waals surface area (Å²) in [4.78, 5) is 0. The minimum Gasteiger partial charge on any atom is -0.398 e. The van der Waals surface area contributed by atoms with Gasteiger partial charge < -0.3 is 10.5 Å². The van der Waals surface area contributed by atoms with Gasteiger partial charge in [-0.25, -0.2) is 4.68 Å². The van der Waals surface area contributed by atoms with Crippen LogP contribution in [0.25, 0.3) is 11.4 Å². The minimum atomic E-state index is 0.769. The van der Waals surface area contributed by atoms with E-state index in [1.165, 1.54) is 0 Å². The highest BCUT2D eigenvalue weighted by Gasteiger charge is 2.12. The van der Waals surface area contributed by atoms with Crippen molar-refractivity contribution in [2.24, 2.45) is 0 Å². The summed E-state index contributed by atoms with van der Waals surface area (Å²) in [6.07, 6.45) is 3.19. The number of unbranched alkanes of at least 4 members (excludes halogenated alkanes) is 2. The number of aryl methyl sites for hydroxylation is 3. The molecule has 0 unspecified atom stereocenters. The number of aromatic nitrogens is 4. The quantitative estimate of drug-likeness (QED) is 0.625. The second-order valence-corrected chi connectivity index (χ2v) is 5.30. The number of benzene rings is 1. The Bertz CT molecular complexity index is 594. The van der Waals surface area contributed by atoms with Crippen LogP contribution in [-0.4, -0.2) is 33.9 Å². The van der Waals surface area contributed by atoms with Crippen LogP contribution in [0.2, 0.25) is 0 Å². The molecule has 0 spiro atoms. The summed E-state index contributed by atoms with van der Waals surface area (Å²) in [5.41, 5.74) is 9.99. The van der Waals surface area contributed by atoms with E-state index in [0.29, 0.717) is 0 Å². The van der Waals surface area contributed by atoms with Crippen molar-refractivity contribution in [3.8, 4) is 11.4 Å². The maximum absolute atomic E-state index is 6.01. The van der Waals surface area contributed by atoms with Crippen LogP contribution < -0.4 is 5.73 Å². The van der Waals surface area contributed by atoms with Crippen molar-refractivity contribution in [2.75, 3.05) is 19.5 Å². The third-order valence-electron chi connectivity index (χ3n) is 3.60. The van der Waals surface area contributed by atoms with Crippen molar-refractivity contribution < 1.29 is 4.74 Å². The lowest BCUT2D eigenvalue weighted by molar-refractivity contribution is 0.191. The lowest BCUT2D eigenvalue weighted by Crippen LogP contribution is -2.05. The molecular weight excluding hydrogens is 266 g/mol. The Hall–Kier alpha value is -1.95. The molecule has 0 aliphatic rings. The van der Waals surface area contributed by atoms with Crippen LogP contribution in [0, 0.1) is 13.8 Å². The molecule has 0 saturated heterocycles. The van der Waals surface area contributed by atoms with E-state index in [9.17, 15) is 0 Å². The van der Waals surface area contributed by atoms with Gasteiger partial charge in [0.2, 0.25) is 0 Å². The molecule has 1 aromatic heterocycles. The first-order chi connectivity index (χ1) is 10.1. The van der Waals surface area contributed by atoms with Gasteiger partial charge in [-0.15, -0.1) is 5.10 Å².